The van der Waals surface area contributed by atoms with Crippen LogP contribution in [0.5, 0.6) is 0 Å². The van der Waals surface area contributed by atoms with E-state index in [4.69, 9.17) is 21.0 Å². The molecule has 0 radical (unpaired) electrons. The van der Waals surface area contributed by atoms with Gasteiger partial charge in [0, 0.05) is 0 Å². The van der Waals surface area contributed by atoms with Crippen molar-refractivity contribution in [3.63, 3.8) is 0 Å². The number of nitrogens with zero attached hydrogens (tertiary/aromatic N) is 4. The van der Waals surface area contributed by atoms with Crippen LogP contribution in [-0.4, -0.2) is 11.8 Å². The van der Waals surface area contributed by atoms with Crippen molar-refractivity contribution in [1.29, 1.82) is 21.0 Å². The fourth-order valence-corrected chi connectivity index (χ4v) is 1.35. The predicted octanol–water partition coefficient (Wildman–Crippen LogP) is 1.96. The summed E-state index contributed by atoms with van der Waals surface area (Å²) in [5.74, 6) is -10.0. The summed E-state index contributed by atoms with van der Waals surface area (Å²) >= 11 is 0. The molecule has 8 heteroatoms. The lowest BCUT2D eigenvalue weighted by Gasteiger charge is -2.29. The molecule has 18 heavy (non-hydrogen) atoms. The van der Waals surface area contributed by atoms with Crippen molar-refractivity contribution in [3.8, 4) is 24.3 Å². The summed E-state index contributed by atoms with van der Waals surface area (Å²) in [4.78, 5) is 0. The van der Waals surface area contributed by atoms with E-state index in [2.05, 4.69) is 0 Å². The molecule has 0 bridgehead atoms. The van der Waals surface area contributed by atoms with Gasteiger partial charge in [-0.15, -0.1) is 0 Å². The molecule has 1 aliphatic rings. The molecule has 0 saturated heterocycles. The molecular formula is C10F4N4. The molecule has 0 aromatic heterocycles. The Kier molecular flexibility index (Phi) is 2.85. The monoisotopic (exact) mass is 252 g/mol. The van der Waals surface area contributed by atoms with E-state index in [1.54, 1.807) is 0 Å². The lowest BCUT2D eigenvalue weighted by molar-refractivity contribution is -0.158. The Morgan fingerprint density at radius 2 is 0.889 bits per heavy atom. The fraction of sp³-hybridized carbons (Fsp3) is 0.200. The first-order chi connectivity index (χ1) is 8.29. The summed E-state index contributed by atoms with van der Waals surface area (Å²) in [5, 5.41) is 34.0. The number of alkyl halides is 4. The molecule has 1 rings (SSSR count). The molecule has 4 nitrogen and oxygen atoms in total. The molecule has 88 valence electrons. The predicted molar refractivity (Wildman–Crippen MR) is 46.4 cm³/mol. The van der Waals surface area contributed by atoms with Crippen LogP contribution in [-0.2, 0) is 0 Å². The van der Waals surface area contributed by atoms with Crippen LogP contribution in [0, 0.1) is 45.3 Å². The van der Waals surface area contributed by atoms with Gasteiger partial charge in [0.1, 0.15) is 35.4 Å². The first-order valence-electron chi connectivity index (χ1n) is 4.15. The average Bonchev–Trinajstić information content (AvgIpc) is 2.31. The number of hydrogen-bond donors (Lipinski definition) is 0. The van der Waals surface area contributed by atoms with Crippen molar-refractivity contribution in [2.45, 2.75) is 11.8 Å². The Labute approximate surface area is 97.9 Å². The number of halogens is 4. The summed E-state index contributed by atoms with van der Waals surface area (Å²) < 4.78 is 53.4. The highest BCUT2D eigenvalue weighted by Gasteiger charge is 2.66. The van der Waals surface area contributed by atoms with Crippen LogP contribution in [0.2, 0.25) is 0 Å². The van der Waals surface area contributed by atoms with Crippen LogP contribution >= 0.6 is 0 Å². The smallest absolute Gasteiger partial charge is 0.193 e. The highest BCUT2D eigenvalue weighted by molar-refractivity contribution is 5.67. The molecule has 0 atom stereocenters. The normalized spacial score (nSPS) is 20.4. The fourth-order valence-electron chi connectivity index (χ4n) is 1.35. The quantitative estimate of drug-likeness (QED) is 0.615. The van der Waals surface area contributed by atoms with Gasteiger partial charge in [-0.25, -0.2) is 0 Å². The van der Waals surface area contributed by atoms with Crippen LogP contribution in [0.25, 0.3) is 0 Å². The first-order valence-corrected chi connectivity index (χ1v) is 4.15. The van der Waals surface area contributed by atoms with E-state index in [1.807, 2.05) is 0 Å². The highest BCUT2D eigenvalue weighted by Crippen LogP contribution is 2.50. The van der Waals surface area contributed by atoms with E-state index in [9.17, 15) is 17.6 Å². The molecule has 0 aromatic carbocycles. The largest absolute Gasteiger partial charge is 0.351 e. The van der Waals surface area contributed by atoms with E-state index in [-0.39, 0.29) is 0 Å². The lowest BCUT2D eigenvalue weighted by atomic mass is 9.82. The van der Waals surface area contributed by atoms with Gasteiger partial charge in [0.05, 0.1) is 11.1 Å². The molecule has 0 aromatic rings. The van der Waals surface area contributed by atoms with Crippen LogP contribution in [0.4, 0.5) is 17.6 Å². The van der Waals surface area contributed by atoms with E-state index in [0.29, 0.717) is 0 Å². The van der Waals surface area contributed by atoms with Crippen LogP contribution in [0.3, 0.4) is 0 Å². The number of nitriles is 4. The third-order valence-corrected chi connectivity index (χ3v) is 2.22. The Balaban J connectivity index is 3.93. The minimum atomic E-state index is -5.00. The van der Waals surface area contributed by atoms with Gasteiger partial charge in [0.2, 0.25) is 0 Å². The van der Waals surface area contributed by atoms with Gasteiger partial charge in [-0.05, 0) is 0 Å². The van der Waals surface area contributed by atoms with Crippen molar-refractivity contribution in [2.75, 3.05) is 0 Å². The molecular weight excluding hydrogens is 252 g/mol. The van der Waals surface area contributed by atoms with Gasteiger partial charge in [0.25, 0.3) is 0 Å². The van der Waals surface area contributed by atoms with E-state index < -0.39 is 34.1 Å². The molecule has 1 aliphatic carbocycles. The maximum absolute atomic E-state index is 13.4. The van der Waals surface area contributed by atoms with E-state index in [1.165, 1.54) is 0 Å². The van der Waals surface area contributed by atoms with Gasteiger partial charge in [-0.3, -0.25) is 0 Å². The van der Waals surface area contributed by atoms with Crippen LogP contribution in [0.1, 0.15) is 0 Å². The zero-order valence-corrected chi connectivity index (χ0v) is 8.30. The third kappa shape index (κ3) is 1.34. The van der Waals surface area contributed by atoms with Crippen LogP contribution < -0.4 is 0 Å². The standard InChI is InChI=1S/C10F4N4/c11-9(12)7(3-17)5(1-15)6(2-16)8(4-18)10(9,13)14. The molecule has 0 fully saturated rings. The molecule has 0 unspecified atom stereocenters. The van der Waals surface area contributed by atoms with Gasteiger partial charge in [-0.1, -0.05) is 0 Å². The van der Waals surface area contributed by atoms with Gasteiger partial charge in [-0.2, -0.15) is 38.6 Å². The van der Waals surface area contributed by atoms with E-state index >= 15 is 0 Å². The molecule has 0 aliphatic heterocycles. The summed E-state index contributed by atoms with van der Waals surface area (Å²) in [5.41, 5.74) is -6.03. The highest BCUT2D eigenvalue weighted by atomic mass is 19.3. The van der Waals surface area contributed by atoms with E-state index in [0.717, 1.165) is 24.3 Å². The summed E-state index contributed by atoms with van der Waals surface area (Å²) in [7, 11) is 0. The molecule has 0 N–H and O–H groups in total. The number of allylic oxidation sites excluding steroid dienone is 4. The minimum absolute atomic E-state index is 0.792. The summed E-state index contributed by atoms with van der Waals surface area (Å²) in [6.45, 7) is 0. The second kappa shape index (κ2) is 3.87. The van der Waals surface area contributed by atoms with Crippen LogP contribution in [0.15, 0.2) is 22.3 Å². The SMILES string of the molecule is N#CC1=C(C#N)C(F)(F)C(F)(F)C(C#N)=C1C#N. The minimum Gasteiger partial charge on any atom is -0.193 e. The molecule has 0 amide bonds. The summed E-state index contributed by atoms with van der Waals surface area (Å²) in [6.07, 6.45) is 0. The zero-order valence-electron chi connectivity index (χ0n) is 8.30. The molecule has 0 spiro atoms. The van der Waals surface area contributed by atoms with Crippen molar-refractivity contribution >= 4 is 0 Å². The Morgan fingerprint density at radius 3 is 1.06 bits per heavy atom. The van der Waals surface area contributed by atoms with Gasteiger partial charge < -0.3 is 0 Å². The Bertz CT molecular complexity index is 585. The molecule has 0 saturated carbocycles. The second-order valence-electron chi connectivity index (χ2n) is 3.10. The topological polar surface area (TPSA) is 95.2 Å². The van der Waals surface area contributed by atoms with Crippen molar-refractivity contribution in [1.82, 2.24) is 0 Å². The zero-order chi connectivity index (χ0) is 14.1. The molecule has 0 heterocycles. The maximum atomic E-state index is 13.4. The second-order valence-corrected chi connectivity index (χ2v) is 3.10. The maximum Gasteiger partial charge on any atom is 0.351 e. The number of rotatable bonds is 0. The Hall–Kier alpha value is -2.84. The van der Waals surface area contributed by atoms with Crippen molar-refractivity contribution in [3.05, 3.63) is 22.3 Å². The Morgan fingerprint density at radius 1 is 0.611 bits per heavy atom. The third-order valence-electron chi connectivity index (χ3n) is 2.22. The number of hydrogen-bond acceptors (Lipinski definition) is 4. The van der Waals surface area contributed by atoms with Crippen molar-refractivity contribution < 1.29 is 17.6 Å². The van der Waals surface area contributed by atoms with Gasteiger partial charge >= 0.3 is 11.8 Å². The lowest BCUT2D eigenvalue weighted by Crippen LogP contribution is -2.46. The summed E-state index contributed by atoms with van der Waals surface area (Å²) in [6, 6.07) is 3.74. The van der Waals surface area contributed by atoms with Gasteiger partial charge in [0.15, 0.2) is 0 Å². The first kappa shape index (κ1) is 13.2. The van der Waals surface area contributed by atoms with Crippen molar-refractivity contribution in [2.24, 2.45) is 0 Å². The average molecular weight is 252 g/mol.